The minimum Gasteiger partial charge on any atom is -0.393 e. The highest BCUT2D eigenvalue weighted by Gasteiger charge is 2.73. The Hall–Kier alpha value is -1.18. The topological polar surface area (TPSA) is 69.4 Å². The van der Waals surface area contributed by atoms with E-state index in [1.165, 1.54) is 12.1 Å². The van der Waals surface area contributed by atoms with E-state index in [1.54, 1.807) is 30.3 Å². The number of thiocarbonyl (C=S) groups is 1. The summed E-state index contributed by atoms with van der Waals surface area (Å²) in [5.74, 6) is -0.430. The normalized spacial score (nSPS) is 24.6. The van der Waals surface area contributed by atoms with E-state index in [1.807, 2.05) is 13.0 Å². The number of halogens is 2. The summed E-state index contributed by atoms with van der Waals surface area (Å²) in [5.41, 5.74) is 5.86. The van der Waals surface area contributed by atoms with Gasteiger partial charge in [-0.1, -0.05) is 47.6 Å². The van der Waals surface area contributed by atoms with Gasteiger partial charge in [-0.25, -0.2) is 8.42 Å². The van der Waals surface area contributed by atoms with Crippen LogP contribution in [0.1, 0.15) is 18.4 Å². The molecule has 0 radical (unpaired) electrons. The molecule has 1 saturated carbocycles. The van der Waals surface area contributed by atoms with Crippen molar-refractivity contribution in [1.29, 1.82) is 0 Å². The molecule has 1 fully saturated rings. The average molecular weight is 444 g/mol. The van der Waals surface area contributed by atoms with Gasteiger partial charge in [0.2, 0.25) is 0 Å². The van der Waals surface area contributed by atoms with Crippen LogP contribution in [0.25, 0.3) is 0 Å². The lowest BCUT2D eigenvalue weighted by Gasteiger charge is -2.17. The standard InChI is InChI=1S/C19H19Cl2NO3S2/c1-2-25-11-19(18(22)26)16(12-4-3-5-14(21)10-12)17(19)27(23,24)15-8-6-13(20)7-9-15/h3-10,16-17H,2,11H2,1H3,(H2,22,26). The molecule has 1 aliphatic rings. The molecule has 2 aromatic rings. The maximum Gasteiger partial charge on any atom is 0.182 e. The second kappa shape index (κ2) is 7.68. The van der Waals surface area contributed by atoms with E-state index in [4.69, 9.17) is 45.9 Å². The second-order valence-corrected chi connectivity index (χ2v) is 9.88. The van der Waals surface area contributed by atoms with E-state index in [0.717, 1.165) is 5.56 Å². The molecule has 144 valence electrons. The molecule has 27 heavy (non-hydrogen) atoms. The van der Waals surface area contributed by atoms with E-state index in [-0.39, 0.29) is 16.5 Å². The molecule has 0 saturated heterocycles. The fourth-order valence-electron chi connectivity index (χ4n) is 3.61. The van der Waals surface area contributed by atoms with Crippen molar-refractivity contribution in [2.75, 3.05) is 13.2 Å². The molecule has 3 rings (SSSR count). The number of nitrogens with two attached hydrogens (primary N) is 1. The summed E-state index contributed by atoms with van der Waals surface area (Å²) >= 11 is 17.3. The first kappa shape index (κ1) is 20.6. The summed E-state index contributed by atoms with van der Waals surface area (Å²) in [6.45, 7) is 2.40. The average Bonchev–Trinajstić information content (AvgIpc) is 3.32. The molecule has 0 amide bonds. The molecule has 0 aromatic heterocycles. The minimum atomic E-state index is -3.72. The zero-order valence-electron chi connectivity index (χ0n) is 14.6. The summed E-state index contributed by atoms with van der Waals surface area (Å²) in [7, 11) is -3.72. The van der Waals surface area contributed by atoms with Crippen molar-refractivity contribution < 1.29 is 13.2 Å². The molecule has 0 heterocycles. The van der Waals surface area contributed by atoms with Crippen molar-refractivity contribution in [1.82, 2.24) is 0 Å². The van der Waals surface area contributed by atoms with Crippen LogP contribution in [0.3, 0.4) is 0 Å². The summed E-state index contributed by atoms with van der Waals surface area (Å²) < 4.78 is 32.4. The van der Waals surface area contributed by atoms with Crippen LogP contribution in [0.2, 0.25) is 10.0 Å². The van der Waals surface area contributed by atoms with Gasteiger partial charge in [0.15, 0.2) is 9.84 Å². The van der Waals surface area contributed by atoms with Crippen LogP contribution >= 0.6 is 35.4 Å². The van der Waals surface area contributed by atoms with Gasteiger partial charge >= 0.3 is 0 Å². The maximum absolute atomic E-state index is 13.4. The summed E-state index contributed by atoms with van der Waals surface area (Å²) in [6.07, 6.45) is 0. The third-order valence-corrected chi connectivity index (χ3v) is 8.10. The maximum atomic E-state index is 13.4. The molecule has 2 N–H and O–H groups in total. The van der Waals surface area contributed by atoms with Gasteiger partial charge in [-0.05, 0) is 48.9 Å². The van der Waals surface area contributed by atoms with Crippen molar-refractivity contribution in [3.05, 3.63) is 64.1 Å². The van der Waals surface area contributed by atoms with E-state index in [9.17, 15) is 8.42 Å². The Labute approximate surface area is 174 Å². The third-order valence-electron chi connectivity index (χ3n) is 4.94. The molecule has 0 spiro atoms. The molecule has 8 heteroatoms. The fraction of sp³-hybridized carbons (Fsp3) is 0.316. The van der Waals surface area contributed by atoms with Gasteiger partial charge in [-0.2, -0.15) is 0 Å². The Balaban J connectivity index is 2.12. The summed E-state index contributed by atoms with van der Waals surface area (Å²) in [6, 6.07) is 13.2. The molecule has 3 atom stereocenters. The molecule has 3 unspecified atom stereocenters. The molecule has 4 nitrogen and oxygen atoms in total. The Morgan fingerprint density at radius 3 is 2.41 bits per heavy atom. The van der Waals surface area contributed by atoms with Crippen molar-refractivity contribution in [2.45, 2.75) is 23.0 Å². The lowest BCUT2D eigenvalue weighted by atomic mass is 10.00. The predicted octanol–water partition coefficient (Wildman–Crippen LogP) is 4.24. The highest BCUT2D eigenvalue weighted by Crippen LogP contribution is 2.64. The summed E-state index contributed by atoms with van der Waals surface area (Å²) in [5, 5.41) is 0.162. The monoisotopic (exact) mass is 443 g/mol. The summed E-state index contributed by atoms with van der Waals surface area (Å²) in [4.78, 5) is 0.307. The smallest absolute Gasteiger partial charge is 0.182 e. The SMILES string of the molecule is CCOCC1(C(N)=S)C(c2cccc(Cl)c2)C1S(=O)(=O)c1ccc(Cl)cc1. The molecular weight excluding hydrogens is 425 g/mol. The first-order valence-electron chi connectivity index (χ1n) is 8.37. The molecule has 0 bridgehead atoms. The molecule has 2 aromatic carbocycles. The van der Waals surface area contributed by atoms with E-state index in [2.05, 4.69) is 0 Å². The number of rotatable bonds is 7. The van der Waals surface area contributed by atoms with Crippen LogP contribution < -0.4 is 5.73 Å². The van der Waals surface area contributed by atoms with Gasteiger partial charge in [0.25, 0.3) is 0 Å². The first-order valence-corrected chi connectivity index (χ1v) is 11.1. The molecule has 0 aliphatic heterocycles. The predicted molar refractivity (Wildman–Crippen MR) is 112 cm³/mol. The van der Waals surface area contributed by atoms with Crippen LogP contribution in [0.5, 0.6) is 0 Å². The Morgan fingerprint density at radius 2 is 1.85 bits per heavy atom. The van der Waals surface area contributed by atoms with E-state index >= 15 is 0 Å². The largest absolute Gasteiger partial charge is 0.393 e. The quantitative estimate of drug-likeness (QED) is 0.647. The zero-order chi connectivity index (χ0) is 19.8. The minimum absolute atomic E-state index is 0.128. The highest BCUT2D eigenvalue weighted by molar-refractivity contribution is 7.92. The van der Waals surface area contributed by atoms with Gasteiger partial charge in [-0.3, -0.25) is 0 Å². The van der Waals surface area contributed by atoms with Gasteiger partial charge < -0.3 is 10.5 Å². The fourth-order valence-corrected chi connectivity index (χ4v) is 6.71. The van der Waals surface area contributed by atoms with Crippen LogP contribution in [0.15, 0.2) is 53.4 Å². The van der Waals surface area contributed by atoms with Crippen LogP contribution in [-0.2, 0) is 14.6 Å². The number of sulfone groups is 1. The lowest BCUT2D eigenvalue weighted by Crippen LogP contribution is -2.33. The van der Waals surface area contributed by atoms with Crippen molar-refractivity contribution in [2.24, 2.45) is 11.1 Å². The van der Waals surface area contributed by atoms with Crippen LogP contribution in [0.4, 0.5) is 0 Å². The highest BCUT2D eigenvalue weighted by atomic mass is 35.5. The van der Waals surface area contributed by atoms with Crippen molar-refractivity contribution >= 4 is 50.2 Å². The number of hydrogen-bond acceptors (Lipinski definition) is 4. The number of hydrogen-bond donors (Lipinski definition) is 1. The Bertz CT molecular complexity index is 963. The third kappa shape index (κ3) is 3.61. The van der Waals surface area contributed by atoms with Gasteiger partial charge in [-0.15, -0.1) is 0 Å². The van der Waals surface area contributed by atoms with Gasteiger partial charge in [0, 0.05) is 22.6 Å². The Morgan fingerprint density at radius 1 is 1.19 bits per heavy atom. The number of ether oxygens (including phenoxy) is 1. The Kier molecular flexibility index (Phi) is 5.85. The van der Waals surface area contributed by atoms with Crippen LogP contribution in [-0.4, -0.2) is 31.9 Å². The van der Waals surface area contributed by atoms with Crippen molar-refractivity contribution in [3.63, 3.8) is 0 Å². The van der Waals surface area contributed by atoms with Crippen LogP contribution in [0, 0.1) is 5.41 Å². The number of benzene rings is 2. The van der Waals surface area contributed by atoms with E-state index in [0.29, 0.717) is 16.7 Å². The second-order valence-electron chi connectivity index (χ2n) is 6.49. The first-order chi connectivity index (χ1) is 12.7. The zero-order valence-corrected chi connectivity index (χ0v) is 17.7. The van der Waals surface area contributed by atoms with E-state index < -0.39 is 26.4 Å². The van der Waals surface area contributed by atoms with Gasteiger partial charge in [0.1, 0.15) is 0 Å². The van der Waals surface area contributed by atoms with Gasteiger partial charge in [0.05, 0.1) is 27.2 Å². The van der Waals surface area contributed by atoms with Crippen molar-refractivity contribution in [3.8, 4) is 0 Å². The molecule has 1 aliphatic carbocycles. The molecular formula is C19H19Cl2NO3S2. The lowest BCUT2D eigenvalue weighted by molar-refractivity contribution is 0.121.